The van der Waals surface area contributed by atoms with Crippen molar-refractivity contribution in [2.75, 3.05) is 6.61 Å². The fraction of sp³-hybridized carbons (Fsp3) is 0.579. The number of benzene rings is 1. The summed E-state index contributed by atoms with van der Waals surface area (Å²) in [5.74, 6) is 0. The maximum Gasteiger partial charge on any atom is 0.278 e. The van der Waals surface area contributed by atoms with E-state index in [1.807, 2.05) is 16.8 Å². The molecule has 7 heteroatoms. The summed E-state index contributed by atoms with van der Waals surface area (Å²) in [5, 5.41) is 12.0. The molecule has 1 saturated heterocycles. The zero-order valence-corrected chi connectivity index (χ0v) is 17.2. The lowest BCUT2D eigenvalue weighted by atomic mass is 10.2. The van der Waals surface area contributed by atoms with Crippen molar-refractivity contribution < 1.29 is 14.1 Å². The molecule has 1 fully saturated rings. The number of nitro benzene ring substituents is 1. The van der Waals surface area contributed by atoms with Gasteiger partial charge >= 0.3 is 0 Å². The molecule has 0 bridgehead atoms. The lowest BCUT2D eigenvalue weighted by Gasteiger charge is -2.36. The van der Waals surface area contributed by atoms with Crippen LogP contribution >= 0.6 is 0 Å². The molecule has 2 atom stereocenters. The molecule has 1 aromatic heterocycles. The second-order valence-corrected chi connectivity index (χ2v) is 13.4. The fourth-order valence-corrected chi connectivity index (χ4v) is 4.15. The standard InChI is InChI=1S/C19H28N2O4Si/c1-19(2,3)26(4,5)24-13-14-9-10-18(25-14)20-12-11-15-16(20)7-6-8-17(15)21(22)23/h6-8,11-12,14,18H,9-10,13H2,1-5H3/t14-,18?/m0/s1. The first kappa shape index (κ1) is 19.1. The van der Waals surface area contributed by atoms with E-state index in [0.717, 1.165) is 18.4 Å². The van der Waals surface area contributed by atoms with Crippen LogP contribution < -0.4 is 0 Å². The maximum atomic E-state index is 11.2. The van der Waals surface area contributed by atoms with E-state index in [9.17, 15) is 10.1 Å². The Labute approximate surface area is 155 Å². The lowest BCUT2D eigenvalue weighted by molar-refractivity contribution is -0.383. The molecule has 1 aliphatic heterocycles. The van der Waals surface area contributed by atoms with Gasteiger partial charge in [-0.15, -0.1) is 0 Å². The highest BCUT2D eigenvalue weighted by Gasteiger charge is 2.38. The van der Waals surface area contributed by atoms with E-state index in [1.54, 1.807) is 12.1 Å². The van der Waals surface area contributed by atoms with Gasteiger partial charge in [0.25, 0.3) is 5.69 Å². The van der Waals surface area contributed by atoms with E-state index in [1.165, 1.54) is 6.07 Å². The number of hydrogen-bond donors (Lipinski definition) is 0. The molecule has 26 heavy (non-hydrogen) atoms. The van der Waals surface area contributed by atoms with Gasteiger partial charge in [-0.1, -0.05) is 26.8 Å². The molecular formula is C19H28N2O4Si. The minimum Gasteiger partial charge on any atom is -0.414 e. The fourth-order valence-electron chi connectivity index (χ4n) is 3.11. The Morgan fingerprint density at radius 3 is 2.69 bits per heavy atom. The van der Waals surface area contributed by atoms with Crippen molar-refractivity contribution in [1.29, 1.82) is 0 Å². The molecule has 1 unspecified atom stereocenters. The molecule has 142 valence electrons. The van der Waals surface area contributed by atoms with Crippen LogP contribution in [0.25, 0.3) is 10.9 Å². The molecule has 0 spiro atoms. The Morgan fingerprint density at radius 1 is 1.31 bits per heavy atom. The Bertz CT molecular complexity index is 809. The highest BCUT2D eigenvalue weighted by Crippen LogP contribution is 2.38. The Morgan fingerprint density at radius 2 is 2.04 bits per heavy atom. The smallest absolute Gasteiger partial charge is 0.278 e. The summed E-state index contributed by atoms with van der Waals surface area (Å²) in [6, 6.07) is 6.98. The second kappa shape index (κ2) is 6.79. The van der Waals surface area contributed by atoms with Crippen molar-refractivity contribution in [2.45, 2.75) is 64.1 Å². The van der Waals surface area contributed by atoms with Gasteiger partial charge in [0.2, 0.25) is 0 Å². The number of non-ortho nitro benzene ring substituents is 1. The SMILES string of the molecule is CC(C)(C)[Si](C)(C)OC[C@@H]1CCC(n2ccc3c([N+](=O)[O-])cccc32)O1. The van der Waals surface area contributed by atoms with Crippen molar-refractivity contribution in [2.24, 2.45) is 0 Å². The molecule has 0 aliphatic carbocycles. The first-order valence-corrected chi connectivity index (χ1v) is 12.0. The minimum atomic E-state index is -1.79. The largest absolute Gasteiger partial charge is 0.414 e. The van der Waals surface area contributed by atoms with E-state index in [-0.39, 0.29) is 28.0 Å². The van der Waals surface area contributed by atoms with Gasteiger partial charge in [0.15, 0.2) is 8.32 Å². The molecule has 0 saturated carbocycles. The third-order valence-electron chi connectivity index (χ3n) is 5.77. The van der Waals surface area contributed by atoms with Crippen molar-refractivity contribution in [3.05, 3.63) is 40.6 Å². The van der Waals surface area contributed by atoms with Crippen LogP contribution in [-0.2, 0) is 9.16 Å². The molecule has 0 amide bonds. The Hall–Kier alpha value is -1.70. The number of nitrogens with zero attached hydrogens (tertiary/aromatic N) is 2. The molecule has 3 rings (SSSR count). The van der Waals surface area contributed by atoms with Crippen molar-refractivity contribution in [3.8, 4) is 0 Å². The number of hydrogen-bond acceptors (Lipinski definition) is 4. The van der Waals surface area contributed by atoms with E-state index < -0.39 is 8.32 Å². The average molecular weight is 377 g/mol. The minimum absolute atomic E-state index is 0.0743. The molecule has 2 heterocycles. The molecule has 2 aromatic rings. The zero-order valence-electron chi connectivity index (χ0n) is 16.2. The lowest BCUT2D eigenvalue weighted by Crippen LogP contribution is -2.42. The summed E-state index contributed by atoms with van der Waals surface area (Å²) >= 11 is 0. The van der Waals surface area contributed by atoms with Gasteiger partial charge in [-0.25, -0.2) is 0 Å². The molecule has 6 nitrogen and oxygen atoms in total. The van der Waals surface area contributed by atoms with Gasteiger partial charge in [-0.05, 0) is 43.1 Å². The monoisotopic (exact) mass is 376 g/mol. The molecule has 0 radical (unpaired) electrons. The van der Waals surface area contributed by atoms with Crippen LogP contribution in [0.2, 0.25) is 18.1 Å². The van der Waals surface area contributed by atoms with Crippen LogP contribution in [0, 0.1) is 10.1 Å². The van der Waals surface area contributed by atoms with E-state index in [0.29, 0.717) is 12.0 Å². The predicted octanol–water partition coefficient (Wildman–Crippen LogP) is 5.25. The van der Waals surface area contributed by atoms with Gasteiger partial charge in [0.1, 0.15) is 6.23 Å². The van der Waals surface area contributed by atoms with Crippen molar-refractivity contribution in [1.82, 2.24) is 4.57 Å². The van der Waals surface area contributed by atoms with Gasteiger partial charge in [-0.2, -0.15) is 0 Å². The number of ether oxygens (including phenoxy) is 1. The second-order valence-electron chi connectivity index (χ2n) is 8.55. The summed E-state index contributed by atoms with van der Waals surface area (Å²) < 4.78 is 14.5. The topological polar surface area (TPSA) is 66.5 Å². The third kappa shape index (κ3) is 3.56. The van der Waals surface area contributed by atoms with Crippen molar-refractivity contribution in [3.63, 3.8) is 0 Å². The van der Waals surface area contributed by atoms with Gasteiger partial charge in [0.05, 0.1) is 28.5 Å². The van der Waals surface area contributed by atoms with Crippen LogP contribution in [0.5, 0.6) is 0 Å². The average Bonchev–Trinajstić information content (AvgIpc) is 3.17. The Kier molecular flexibility index (Phi) is 4.98. The highest BCUT2D eigenvalue weighted by molar-refractivity contribution is 6.74. The van der Waals surface area contributed by atoms with E-state index >= 15 is 0 Å². The number of aromatic nitrogens is 1. The number of fused-ring (bicyclic) bond motifs is 1. The van der Waals surface area contributed by atoms with E-state index in [2.05, 4.69) is 33.9 Å². The molecule has 0 N–H and O–H groups in total. The third-order valence-corrected chi connectivity index (χ3v) is 10.3. The van der Waals surface area contributed by atoms with Crippen LogP contribution in [-0.4, -0.2) is 30.5 Å². The van der Waals surface area contributed by atoms with Crippen molar-refractivity contribution >= 4 is 24.9 Å². The van der Waals surface area contributed by atoms with Gasteiger partial charge in [-0.3, -0.25) is 10.1 Å². The van der Waals surface area contributed by atoms with Crippen LogP contribution in [0.4, 0.5) is 5.69 Å². The molecule has 1 aliphatic rings. The van der Waals surface area contributed by atoms with Crippen LogP contribution in [0.3, 0.4) is 0 Å². The van der Waals surface area contributed by atoms with Crippen LogP contribution in [0.1, 0.15) is 39.8 Å². The predicted molar refractivity (Wildman–Crippen MR) is 105 cm³/mol. The molecular weight excluding hydrogens is 348 g/mol. The van der Waals surface area contributed by atoms with E-state index in [4.69, 9.17) is 9.16 Å². The number of nitro groups is 1. The maximum absolute atomic E-state index is 11.2. The summed E-state index contributed by atoms with van der Waals surface area (Å²) in [7, 11) is -1.79. The summed E-state index contributed by atoms with van der Waals surface area (Å²) in [4.78, 5) is 10.9. The number of rotatable bonds is 5. The first-order chi connectivity index (χ1) is 12.1. The molecule has 1 aromatic carbocycles. The van der Waals surface area contributed by atoms with Gasteiger partial charge in [0, 0.05) is 12.3 Å². The first-order valence-electron chi connectivity index (χ1n) is 9.13. The normalized spacial score (nSPS) is 21.4. The highest BCUT2D eigenvalue weighted by atomic mass is 28.4. The quantitative estimate of drug-likeness (QED) is 0.406. The summed E-state index contributed by atoms with van der Waals surface area (Å²) in [5.41, 5.74) is 0.979. The Balaban J connectivity index is 1.71. The zero-order chi connectivity index (χ0) is 19.1. The van der Waals surface area contributed by atoms with Crippen LogP contribution in [0.15, 0.2) is 30.5 Å². The summed E-state index contributed by atoms with van der Waals surface area (Å²) in [6.45, 7) is 11.8. The van der Waals surface area contributed by atoms with Gasteiger partial charge < -0.3 is 13.7 Å². The summed E-state index contributed by atoms with van der Waals surface area (Å²) in [6.07, 6.45) is 3.69.